The lowest BCUT2D eigenvalue weighted by molar-refractivity contribution is 0.478. The molecule has 1 N–H and O–H groups in total. The molecule has 0 amide bonds. The van der Waals surface area contributed by atoms with Crippen LogP contribution in [-0.2, 0) is 0 Å². The van der Waals surface area contributed by atoms with E-state index in [-0.39, 0.29) is 0 Å². The smallest absolute Gasteiger partial charge is 0.158 e. The SMILES string of the molecule is CCSc1ccc2ncnc(Nc3ccc(Oc4ccn5ncnc5c4)c(C)c3)c2c1. The third-order valence-electron chi connectivity index (χ3n) is 4.84. The predicted molar refractivity (Wildman–Crippen MR) is 123 cm³/mol. The second-order valence-electron chi connectivity index (χ2n) is 6.97. The van der Waals surface area contributed by atoms with Crippen molar-refractivity contribution in [2.24, 2.45) is 0 Å². The number of hydrogen-bond acceptors (Lipinski definition) is 7. The van der Waals surface area contributed by atoms with E-state index in [0.29, 0.717) is 5.75 Å². The molecule has 0 atom stereocenters. The van der Waals surface area contributed by atoms with Crippen molar-refractivity contribution in [3.63, 3.8) is 0 Å². The molecule has 0 fully saturated rings. The van der Waals surface area contributed by atoms with Gasteiger partial charge in [0.15, 0.2) is 5.65 Å². The molecule has 31 heavy (non-hydrogen) atoms. The number of thioether (sulfide) groups is 1. The number of fused-ring (bicyclic) bond motifs is 2. The van der Waals surface area contributed by atoms with Gasteiger partial charge in [0.05, 0.1) is 5.52 Å². The van der Waals surface area contributed by atoms with E-state index in [1.165, 1.54) is 11.2 Å². The number of pyridine rings is 1. The highest BCUT2D eigenvalue weighted by atomic mass is 32.2. The molecule has 5 aromatic rings. The Bertz CT molecular complexity index is 1380. The van der Waals surface area contributed by atoms with Gasteiger partial charge in [0.25, 0.3) is 0 Å². The summed E-state index contributed by atoms with van der Waals surface area (Å²) in [6, 6.07) is 16.0. The van der Waals surface area contributed by atoms with Crippen molar-refractivity contribution < 1.29 is 4.74 Å². The van der Waals surface area contributed by atoms with Crippen LogP contribution in [0.15, 0.2) is 72.3 Å². The quantitative estimate of drug-likeness (QED) is 0.351. The summed E-state index contributed by atoms with van der Waals surface area (Å²) in [6.45, 7) is 4.16. The predicted octanol–water partition coefficient (Wildman–Crippen LogP) is 5.63. The van der Waals surface area contributed by atoms with Gasteiger partial charge in [-0.2, -0.15) is 5.10 Å². The van der Waals surface area contributed by atoms with E-state index in [1.54, 1.807) is 22.6 Å². The molecule has 0 aliphatic heterocycles. The summed E-state index contributed by atoms with van der Waals surface area (Å²) in [7, 11) is 0. The molecular formula is C23H20N6OS. The summed E-state index contributed by atoms with van der Waals surface area (Å²) in [5, 5.41) is 8.53. The van der Waals surface area contributed by atoms with Crippen LogP contribution >= 0.6 is 11.8 Å². The van der Waals surface area contributed by atoms with Gasteiger partial charge in [0.1, 0.15) is 30.0 Å². The van der Waals surface area contributed by atoms with Gasteiger partial charge in [-0.05, 0) is 60.7 Å². The summed E-state index contributed by atoms with van der Waals surface area (Å²) in [4.78, 5) is 14.3. The number of rotatable bonds is 6. The Morgan fingerprint density at radius 2 is 1.94 bits per heavy atom. The topological polar surface area (TPSA) is 77.2 Å². The Hall–Kier alpha value is -3.65. The van der Waals surface area contributed by atoms with E-state index in [1.807, 2.05) is 49.5 Å². The Morgan fingerprint density at radius 1 is 1.00 bits per heavy atom. The molecular weight excluding hydrogens is 408 g/mol. The van der Waals surface area contributed by atoms with E-state index >= 15 is 0 Å². The minimum Gasteiger partial charge on any atom is -0.457 e. The van der Waals surface area contributed by atoms with Crippen LogP contribution in [-0.4, -0.2) is 30.3 Å². The van der Waals surface area contributed by atoms with E-state index in [0.717, 1.165) is 45.1 Å². The first-order chi connectivity index (χ1) is 15.2. The molecule has 5 rings (SSSR count). The van der Waals surface area contributed by atoms with Crippen molar-refractivity contribution in [3.05, 3.63) is 72.9 Å². The van der Waals surface area contributed by atoms with Crippen LogP contribution in [0.3, 0.4) is 0 Å². The lowest BCUT2D eigenvalue weighted by Crippen LogP contribution is -1.97. The summed E-state index contributed by atoms with van der Waals surface area (Å²) in [5.74, 6) is 3.30. The first-order valence-corrected chi connectivity index (χ1v) is 10.9. The average molecular weight is 429 g/mol. The highest BCUT2D eigenvalue weighted by Gasteiger charge is 2.09. The van der Waals surface area contributed by atoms with Gasteiger partial charge in [0, 0.05) is 28.2 Å². The zero-order valence-electron chi connectivity index (χ0n) is 17.1. The third kappa shape index (κ3) is 4.02. The van der Waals surface area contributed by atoms with Crippen molar-refractivity contribution >= 4 is 39.8 Å². The first-order valence-electron chi connectivity index (χ1n) is 9.92. The summed E-state index contributed by atoms with van der Waals surface area (Å²) in [6.07, 6.45) is 4.93. The molecule has 3 heterocycles. The van der Waals surface area contributed by atoms with Gasteiger partial charge in [-0.1, -0.05) is 6.92 Å². The van der Waals surface area contributed by atoms with E-state index in [2.05, 4.69) is 44.4 Å². The molecule has 154 valence electrons. The maximum absolute atomic E-state index is 6.07. The lowest BCUT2D eigenvalue weighted by Gasteiger charge is -2.13. The fourth-order valence-electron chi connectivity index (χ4n) is 3.36. The largest absolute Gasteiger partial charge is 0.457 e. The number of hydrogen-bond donors (Lipinski definition) is 1. The normalized spacial score (nSPS) is 11.2. The second kappa shape index (κ2) is 8.23. The van der Waals surface area contributed by atoms with Gasteiger partial charge in [-0.25, -0.2) is 19.5 Å². The molecule has 0 aliphatic carbocycles. The highest BCUT2D eigenvalue weighted by molar-refractivity contribution is 7.99. The number of benzene rings is 2. The third-order valence-corrected chi connectivity index (χ3v) is 5.71. The maximum Gasteiger partial charge on any atom is 0.158 e. The number of aromatic nitrogens is 5. The fourth-order valence-corrected chi connectivity index (χ4v) is 4.06. The molecule has 7 nitrogen and oxygen atoms in total. The van der Waals surface area contributed by atoms with Gasteiger partial charge >= 0.3 is 0 Å². The van der Waals surface area contributed by atoms with Gasteiger partial charge < -0.3 is 10.1 Å². The number of anilines is 2. The van der Waals surface area contributed by atoms with Gasteiger partial charge in [0.2, 0.25) is 0 Å². The molecule has 2 aromatic carbocycles. The van der Waals surface area contributed by atoms with Crippen molar-refractivity contribution in [3.8, 4) is 11.5 Å². The number of ether oxygens (including phenoxy) is 1. The van der Waals surface area contributed by atoms with Crippen LogP contribution in [0.25, 0.3) is 16.6 Å². The van der Waals surface area contributed by atoms with Gasteiger partial charge in [-0.3, -0.25) is 0 Å². The summed E-state index contributed by atoms with van der Waals surface area (Å²) >= 11 is 1.80. The maximum atomic E-state index is 6.07. The Morgan fingerprint density at radius 3 is 2.81 bits per heavy atom. The first kappa shape index (κ1) is 19.3. The Balaban J connectivity index is 1.40. The van der Waals surface area contributed by atoms with Crippen molar-refractivity contribution in [1.82, 2.24) is 24.6 Å². The standard InChI is InChI=1S/C23H20N6OS/c1-3-31-18-5-6-20-19(12-18)23(26-13-24-20)28-16-4-7-21(15(2)10-16)30-17-8-9-29-22(11-17)25-14-27-29/h4-14H,3H2,1-2H3,(H,24,26,28). The highest BCUT2D eigenvalue weighted by Crippen LogP contribution is 2.31. The van der Waals surface area contributed by atoms with Crippen molar-refractivity contribution in [2.75, 3.05) is 11.1 Å². The van der Waals surface area contributed by atoms with E-state index in [9.17, 15) is 0 Å². The van der Waals surface area contributed by atoms with Crippen LogP contribution in [0.5, 0.6) is 11.5 Å². The Labute approximate surface area is 183 Å². The van der Waals surface area contributed by atoms with Crippen LogP contribution in [0.1, 0.15) is 12.5 Å². The molecule has 0 bridgehead atoms. The minimum absolute atomic E-state index is 0.715. The summed E-state index contributed by atoms with van der Waals surface area (Å²) in [5.41, 5.74) is 3.60. The molecule has 0 radical (unpaired) electrons. The monoisotopic (exact) mass is 428 g/mol. The van der Waals surface area contributed by atoms with Gasteiger partial charge in [-0.15, -0.1) is 11.8 Å². The summed E-state index contributed by atoms with van der Waals surface area (Å²) < 4.78 is 7.77. The lowest BCUT2D eigenvalue weighted by atomic mass is 10.2. The average Bonchev–Trinajstić information content (AvgIpc) is 3.24. The van der Waals surface area contributed by atoms with E-state index < -0.39 is 0 Å². The Kier molecular flexibility index (Phi) is 5.13. The zero-order chi connectivity index (χ0) is 21.2. The van der Waals surface area contributed by atoms with Crippen molar-refractivity contribution in [2.45, 2.75) is 18.7 Å². The van der Waals surface area contributed by atoms with Crippen LogP contribution in [0.2, 0.25) is 0 Å². The molecule has 0 saturated heterocycles. The van der Waals surface area contributed by atoms with E-state index in [4.69, 9.17) is 4.74 Å². The van der Waals surface area contributed by atoms with Crippen molar-refractivity contribution in [1.29, 1.82) is 0 Å². The van der Waals surface area contributed by atoms with Crippen LogP contribution < -0.4 is 10.1 Å². The number of aryl methyl sites for hydroxylation is 1. The minimum atomic E-state index is 0.715. The number of nitrogens with zero attached hydrogens (tertiary/aromatic N) is 5. The second-order valence-corrected chi connectivity index (χ2v) is 8.30. The fraction of sp³-hybridized carbons (Fsp3) is 0.130. The molecule has 0 saturated carbocycles. The number of nitrogens with one attached hydrogen (secondary N) is 1. The molecule has 8 heteroatoms. The molecule has 3 aromatic heterocycles. The molecule has 0 spiro atoms. The molecule has 0 unspecified atom stereocenters. The molecule has 0 aliphatic rings. The van der Waals surface area contributed by atoms with Crippen LogP contribution in [0, 0.1) is 6.92 Å². The zero-order valence-corrected chi connectivity index (χ0v) is 17.9. The van der Waals surface area contributed by atoms with Crippen LogP contribution in [0.4, 0.5) is 11.5 Å².